The van der Waals surface area contributed by atoms with Crippen LogP contribution in [0, 0.1) is 5.92 Å². The minimum atomic E-state index is -2.81. The highest BCUT2D eigenvalue weighted by molar-refractivity contribution is 6.99. The zero-order valence-electron chi connectivity index (χ0n) is 23.9. The van der Waals surface area contributed by atoms with Crippen LogP contribution >= 0.6 is 0 Å². The number of nitrogens with two attached hydrogens (primary N) is 1. The molecule has 0 aliphatic carbocycles. The van der Waals surface area contributed by atoms with Crippen molar-refractivity contribution in [2.24, 2.45) is 5.92 Å². The third-order valence-corrected chi connectivity index (χ3v) is 12.6. The third kappa shape index (κ3) is 6.54. The number of ether oxygens (including phenoxy) is 2. The number of anilines is 1. The Labute approximate surface area is 237 Å². The maximum absolute atomic E-state index is 12.6. The lowest BCUT2D eigenvalue weighted by Gasteiger charge is -2.43. The van der Waals surface area contributed by atoms with Crippen molar-refractivity contribution < 1.29 is 18.7 Å². The van der Waals surface area contributed by atoms with E-state index in [0.29, 0.717) is 12.8 Å². The van der Waals surface area contributed by atoms with Gasteiger partial charge in [-0.05, 0) is 27.9 Å². The summed E-state index contributed by atoms with van der Waals surface area (Å²) >= 11 is 0. The van der Waals surface area contributed by atoms with Gasteiger partial charge in [0, 0.05) is 25.0 Å². The van der Waals surface area contributed by atoms with E-state index in [1.807, 2.05) is 19.1 Å². The van der Waals surface area contributed by atoms with Gasteiger partial charge in [-0.15, -0.1) is 0 Å². The van der Waals surface area contributed by atoms with Gasteiger partial charge in [0.25, 0.3) is 8.32 Å². The molecule has 2 N–H and O–H groups in total. The lowest BCUT2D eigenvalue weighted by molar-refractivity contribution is -0.146. The number of hydrogen-bond acceptors (Lipinski definition) is 7. The first-order chi connectivity index (χ1) is 19.2. The van der Waals surface area contributed by atoms with E-state index in [4.69, 9.17) is 19.6 Å². The molecule has 1 aliphatic heterocycles. The highest BCUT2D eigenvalue weighted by Gasteiger charge is 2.51. The zero-order chi connectivity index (χ0) is 28.8. The maximum Gasteiger partial charge on any atom is 0.351 e. The molecule has 3 unspecified atom stereocenters. The van der Waals surface area contributed by atoms with Gasteiger partial charge < -0.3 is 19.6 Å². The first-order valence-corrected chi connectivity index (χ1v) is 16.0. The van der Waals surface area contributed by atoms with Crippen LogP contribution in [0.5, 0.6) is 0 Å². The van der Waals surface area contributed by atoms with Gasteiger partial charge in [-0.2, -0.15) is 4.98 Å². The smallest absolute Gasteiger partial charge is 0.351 e. The minimum absolute atomic E-state index is 0.154. The number of rotatable bonds is 11. The Morgan fingerprint density at radius 2 is 1.68 bits per heavy atom. The maximum atomic E-state index is 12.6. The zero-order valence-corrected chi connectivity index (χ0v) is 24.9. The van der Waals surface area contributed by atoms with E-state index >= 15 is 0 Å². The molecule has 3 atom stereocenters. The van der Waals surface area contributed by atoms with Crippen LogP contribution in [0.15, 0.2) is 77.7 Å². The van der Waals surface area contributed by atoms with Gasteiger partial charge in [0.05, 0.1) is 19.3 Å². The normalized spacial score (nSPS) is 19.4. The van der Waals surface area contributed by atoms with E-state index in [-0.39, 0.29) is 36.0 Å². The number of esters is 1. The second-order valence-corrected chi connectivity index (χ2v) is 15.7. The molecular formula is C31H41N3O5Si. The van der Waals surface area contributed by atoms with Crippen molar-refractivity contribution in [1.82, 2.24) is 9.55 Å². The summed E-state index contributed by atoms with van der Waals surface area (Å²) < 4.78 is 20.7. The predicted octanol–water partition coefficient (Wildman–Crippen LogP) is 4.04. The van der Waals surface area contributed by atoms with Crippen molar-refractivity contribution in [2.45, 2.75) is 70.7 Å². The van der Waals surface area contributed by atoms with Crippen LogP contribution in [0.1, 0.15) is 59.6 Å². The number of benzene rings is 2. The molecule has 0 radical (unpaired) electrons. The molecule has 2 aromatic carbocycles. The molecule has 0 amide bonds. The van der Waals surface area contributed by atoms with E-state index < -0.39 is 26.3 Å². The Morgan fingerprint density at radius 1 is 1.05 bits per heavy atom. The Balaban J connectivity index is 1.65. The largest absolute Gasteiger partial charge is 0.465 e. The van der Waals surface area contributed by atoms with Crippen molar-refractivity contribution in [1.29, 1.82) is 0 Å². The van der Waals surface area contributed by atoms with Gasteiger partial charge in [-0.3, -0.25) is 9.36 Å². The minimum Gasteiger partial charge on any atom is -0.465 e. The van der Waals surface area contributed by atoms with E-state index in [9.17, 15) is 9.59 Å². The second-order valence-electron chi connectivity index (χ2n) is 11.4. The average molecular weight is 564 g/mol. The number of nitrogens with zero attached hydrogens (tertiary/aromatic N) is 2. The number of carbonyl (C=O) groups is 1. The molecule has 9 heteroatoms. The summed E-state index contributed by atoms with van der Waals surface area (Å²) in [5, 5.41) is 2.14. The standard InChI is InChI=1S/C31H41N3O5Si/c1-5-6-17-29(35)37-21-23-20-28(34-19-18-27(32)33-30(34)36)39-26(23)22-38-40(31(2,3)4,24-13-9-7-10-14-24)25-15-11-8-12-16-25/h7-16,18-19,23,26,28H,5-6,17,20-22H2,1-4H3,(H2,32,33,36). The highest BCUT2D eigenvalue weighted by Crippen LogP contribution is 2.39. The Hall–Kier alpha value is -3.27. The molecule has 40 heavy (non-hydrogen) atoms. The van der Waals surface area contributed by atoms with Crippen molar-refractivity contribution >= 4 is 30.5 Å². The summed E-state index contributed by atoms with van der Waals surface area (Å²) in [6.45, 7) is 9.21. The van der Waals surface area contributed by atoms with Crippen LogP contribution < -0.4 is 21.8 Å². The van der Waals surface area contributed by atoms with Crippen molar-refractivity contribution in [3.8, 4) is 0 Å². The fourth-order valence-electron chi connectivity index (χ4n) is 5.52. The monoisotopic (exact) mass is 563 g/mol. The fraction of sp³-hybridized carbons (Fsp3) is 0.452. The predicted molar refractivity (Wildman–Crippen MR) is 159 cm³/mol. The molecule has 3 aromatic rings. The molecule has 0 bridgehead atoms. The summed E-state index contributed by atoms with van der Waals surface area (Å²) in [5.41, 5.74) is 5.24. The van der Waals surface area contributed by atoms with Crippen LogP contribution in [0.2, 0.25) is 5.04 Å². The topological polar surface area (TPSA) is 106 Å². The molecule has 1 fully saturated rings. The van der Waals surface area contributed by atoms with Crippen LogP contribution in [-0.2, 0) is 18.7 Å². The Morgan fingerprint density at radius 3 is 2.23 bits per heavy atom. The molecular weight excluding hydrogens is 522 g/mol. The number of unbranched alkanes of at least 4 members (excludes halogenated alkanes) is 1. The number of hydrogen-bond donors (Lipinski definition) is 1. The summed E-state index contributed by atoms with van der Waals surface area (Å²) in [6.07, 6.45) is 3.23. The SMILES string of the molecule is CCCCC(=O)OCC1CC(n2ccc(N)nc2=O)OC1CO[Si](c1ccccc1)(c1ccccc1)C(C)(C)C. The van der Waals surface area contributed by atoms with E-state index in [2.05, 4.69) is 74.3 Å². The van der Waals surface area contributed by atoms with Gasteiger partial charge in [0.15, 0.2) is 0 Å². The summed E-state index contributed by atoms with van der Waals surface area (Å²) in [5.74, 6) is -0.214. The molecule has 1 saturated heterocycles. The molecule has 4 rings (SSSR count). The summed E-state index contributed by atoms with van der Waals surface area (Å²) in [6, 6.07) is 22.4. The van der Waals surface area contributed by atoms with Crippen molar-refractivity contribution in [2.75, 3.05) is 18.9 Å². The first kappa shape index (κ1) is 29.7. The van der Waals surface area contributed by atoms with Crippen LogP contribution in [0.4, 0.5) is 5.82 Å². The van der Waals surface area contributed by atoms with Gasteiger partial charge >= 0.3 is 11.7 Å². The third-order valence-electron chi connectivity index (χ3n) is 7.60. The molecule has 214 valence electrons. The first-order valence-electron chi connectivity index (χ1n) is 14.1. The lowest BCUT2D eigenvalue weighted by atomic mass is 10.0. The Bertz CT molecular complexity index is 1270. The quantitative estimate of drug-likeness (QED) is 0.277. The van der Waals surface area contributed by atoms with E-state index in [1.54, 1.807) is 12.3 Å². The molecule has 2 heterocycles. The molecule has 8 nitrogen and oxygen atoms in total. The summed E-state index contributed by atoms with van der Waals surface area (Å²) in [4.78, 5) is 28.9. The van der Waals surface area contributed by atoms with Crippen LogP contribution in [-0.4, -0.2) is 43.2 Å². The fourth-order valence-corrected chi connectivity index (χ4v) is 10.1. The van der Waals surface area contributed by atoms with Gasteiger partial charge in [-0.1, -0.05) is 94.8 Å². The number of carbonyl (C=O) groups excluding carboxylic acids is 1. The number of aromatic nitrogens is 2. The lowest BCUT2D eigenvalue weighted by Crippen LogP contribution is -2.67. The highest BCUT2D eigenvalue weighted by atomic mass is 28.4. The van der Waals surface area contributed by atoms with Gasteiger partial charge in [0.2, 0.25) is 0 Å². The van der Waals surface area contributed by atoms with Crippen molar-refractivity contribution in [3.63, 3.8) is 0 Å². The molecule has 0 saturated carbocycles. The van der Waals surface area contributed by atoms with Crippen molar-refractivity contribution in [3.05, 3.63) is 83.4 Å². The number of nitrogen functional groups attached to an aromatic ring is 1. The van der Waals surface area contributed by atoms with E-state index in [1.165, 1.54) is 14.9 Å². The molecule has 1 aromatic heterocycles. The second kappa shape index (κ2) is 12.9. The van der Waals surface area contributed by atoms with E-state index in [0.717, 1.165) is 12.8 Å². The molecule has 1 aliphatic rings. The average Bonchev–Trinajstić information content (AvgIpc) is 3.34. The van der Waals surface area contributed by atoms with Crippen LogP contribution in [0.25, 0.3) is 0 Å². The molecule has 0 spiro atoms. The Kier molecular flexibility index (Phi) is 9.60. The van der Waals surface area contributed by atoms with Gasteiger partial charge in [-0.25, -0.2) is 4.79 Å². The summed E-state index contributed by atoms with van der Waals surface area (Å²) in [7, 11) is -2.81. The van der Waals surface area contributed by atoms with Gasteiger partial charge in [0.1, 0.15) is 12.0 Å². The van der Waals surface area contributed by atoms with Crippen LogP contribution in [0.3, 0.4) is 0 Å².